The van der Waals surface area contributed by atoms with E-state index in [1.54, 1.807) is 0 Å². The Hall–Kier alpha value is -5.59. The number of aryl methyl sites for hydroxylation is 3. The molecule has 3 aromatic carbocycles. The second-order valence-electron chi connectivity index (χ2n) is 10.4. The number of rotatable bonds is 10. The van der Waals surface area contributed by atoms with Crippen LogP contribution < -0.4 is 34.9 Å². The van der Waals surface area contributed by atoms with Gasteiger partial charge in [-0.2, -0.15) is 4.98 Å². The van der Waals surface area contributed by atoms with Gasteiger partial charge in [-0.1, -0.05) is 18.1 Å². The third-order valence-corrected chi connectivity index (χ3v) is 7.04. The first-order valence-electron chi connectivity index (χ1n) is 14.1. The van der Waals surface area contributed by atoms with Gasteiger partial charge in [0.2, 0.25) is 17.5 Å². The van der Waals surface area contributed by atoms with Gasteiger partial charge in [-0.05, 0) is 61.4 Å². The van der Waals surface area contributed by atoms with E-state index in [1.165, 1.54) is 45.6 Å². The highest BCUT2D eigenvalue weighted by atomic mass is 16.5. The highest BCUT2D eigenvalue weighted by molar-refractivity contribution is 6.12. The third-order valence-electron chi connectivity index (χ3n) is 7.04. The second-order valence-corrected chi connectivity index (χ2v) is 10.4. The van der Waals surface area contributed by atoms with Crippen LogP contribution in [0.2, 0.25) is 0 Å². The zero-order chi connectivity index (χ0) is 32.2. The number of anilines is 2. The summed E-state index contributed by atoms with van der Waals surface area (Å²) in [6.45, 7) is 5.73. The predicted octanol–water partition coefficient (Wildman–Crippen LogP) is 4.61. The summed E-state index contributed by atoms with van der Waals surface area (Å²) in [6.07, 6.45) is 0.557. The average molecular weight is 616 g/mol. The summed E-state index contributed by atoms with van der Waals surface area (Å²) < 4.78 is 27.6. The Kier molecular flexibility index (Phi) is 8.88. The molecule has 3 amide bonds. The normalized spacial score (nSPS) is 14.0. The Labute approximate surface area is 259 Å². The van der Waals surface area contributed by atoms with Crippen LogP contribution in [0.1, 0.15) is 50.5 Å². The van der Waals surface area contributed by atoms with E-state index < -0.39 is 23.8 Å². The van der Waals surface area contributed by atoms with Gasteiger partial charge in [0.25, 0.3) is 11.8 Å². The van der Waals surface area contributed by atoms with Gasteiger partial charge >= 0.3 is 0 Å². The van der Waals surface area contributed by atoms with E-state index in [9.17, 15) is 14.4 Å². The lowest BCUT2D eigenvalue weighted by atomic mass is 10.1. The Morgan fingerprint density at radius 3 is 2.22 bits per heavy atom. The van der Waals surface area contributed by atoms with Crippen molar-refractivity contribution >= 4 is 29.1 Å². The van der Waals surface area contributed by atoms with Crippen molar-refractivity contribution in [3.63, 3.8) is 0 Å². The smallest absolute Gasteiger partial charge is 0.256 e. The van der Waals surface area contributed by atoms with Gasteiger partial charge in [-0.25, -0.2) is 0 Å². The molecule has 3 N–H and O–H groups in total. The Morgan fingerprint density at radius 2 is 1.62 bits per heavy atom. The molecule has 0 saturated heterocycles. The summed E-state index contributed by atoms with van der Waals surface area (Å²) >= 11 is 0. The molecule has 13 heteroatoms. The fraction of sp³-hybridized carbons (Fsp3) is 0.281. The molecule has 0 fully saturated rings. The molecule has 0 spiro atoms. The van der Waals surface area contributed by atoms with Crippen molar-refractivity contribution in [2.45, 2.75) is 39.7 Å². The standard InChI is InChI=1S/C32H33N5O8/c1-7-28-36-27(37-45-28)15-23-32(40)33-21-14-22(34-30(38)18-11-25(41-4)29(43-6)26(12-18)42-5)24(13-20(21)31(39)35-23)44-19-9-16(2)8-17(3)10-19/h8-14,23H,7,15H2,1-6H3,(H,33,40)(H,34,38)(H,35,39)/t23-/m0/s1. The van der Waals surface area contributed by atoms with Gasteiger partial charge in [-0.3, -0.25) is 14.4 Å². The number of hydrogen-bond donors (Lipinski definition) is 3. The van der Waals surface area contributed by atoms with E-state index in [0.717, 1.165) is 11.1 Å². The first kappa shape index (κ1) is 30.9. The molecular weight excluding hydrogens is 582 g/mol. The molecule has 1 aromatic heterocycles. The quantitative estimate of drug-likeness (QED) is 0.230. The molecule has 0 radical (unpaired) electrons. The number of ether oxygens (including phenoxy) is 4. The molecule has 0 unspecified atom stereocenters. The topological polar surface area (TPSA) is 163 Å². The second kappa shape index (κ2) is 13.0. The minimum absolute atomic E-state index is 0.0196. The number of benzene rings is 3. The van der Waals surface area contributed by atoms with Gasteiger partial charge in [-0.15, -0.1) is 0 Å². The average Bonchev–Trinajstić information content (AvgIpc) is 3.43. The maximum atomic E-state index is 13.6. The lowest BCUT2D eigenvalue weighted by molar-refractivity contribution is -0.117. The molecule has 4 aromatic rings. The molecule has 0 bridgehead atoms. The van der Waals surface area contributed by atoms with Gasteiger partial charge < -0.3 is 39.4 Å². The number of carbonyl (C=O) groups is 3. The molecular formula is C32H33N5O8. The molecule has 1 aliphatic rings. The number of methoxy groups -OCH3 is 3. The number of nitrogens with zero attached hydrogens (tertiary/aromatic N) is 2. The number of hydrogen-bond acceptors (Lipinski definition) is 10. The molecule has 234 valence electrons. The minimum atomic E-state index is -0.978. The van der Waals surface area contributed by atoms with Crippen LogP contribution in [0.15, 0.2) is 47.0 Å². The highest BCUT2D eigenvalue weighted by Crippen LogP contribution is 2.40. The Balaban J connectivity index is 1.53. The summed E-state index contributed by atoms with van der Waals surface area (Å²) in [7, 11) is 4.36. The van der Waals surface area contributed by atoms with Crippen molar-refractivity contribution in [2.24, 2.45) is 0 Å². The Morgan fingerprint density at radius 1 is 0.933 bits per heavy atom. The number of nitrogens with one attached hydrogen (secondary N) is 3. The molecule has 0 aliphatic carbocycles. The van der Waals surface area contributed by atoms with Crippen molar-refractivity contribution < 1.29 is 37.9 Å². The molecule has 13 nitrogen and oxygen atoms in total. The molecule has 1 atom stereocenters. The third kappa shape index (κ3) is 6.66. The molecule has 2 heterocycles. The first-order chi connectivity index (χ1) is 21.6. The molecule has 45 heavy (non-hydrogen) atoms. The zero-order valence-electron chi connectivity index (χ0n) is 25.7. The lowest BCUT2D eigenvalue weighted by Gasteiger charge is -2.17. The number of aromatic nitrogens is 2. The van der Waals surface area contributed by atoms with Crippen LogP contribution in [-0.2, 0) is 17.6 Å². The van der Waals surface area contributed by atoms with Crippen molar-refractivity contribution in [1.82, 2.24) is 15.5 Å². The van der Waals surface area contributed by atoms with E-state index in [1.807, 2.05) is 39.0 Å². The fourth-order valence-corrected chi connectivity index (χ4v) is 4.94. The number of amides is 3. The monoisotopic (exact) mass is 615 g/mol. The number of carbonyl (C=O) groups excluding carboxylic acids is 3. The SMILES string of the molecule is CCc1nc(C[C@@H]2NC(=O)c3cc(Oc4cc(C)cc(C)c4)c(NC(=O)c4cc(OC)c(OC)c(OC)c4)cc3NC2=O)no1. The Bertz CT molecular complexity index is 1740. The van der Waals surface area contributed by atoms with Crippen LogP contribution in [0.3, 0.4) is 0 Å². The zero-order valence-corrected chi connectivity index (χ0v) is 25.7. The van der Waals surface area contributed by atoms with Crippen LogP contribution in [0.5, 0.6) is 28.7 Å². The first-order valence-corrected chi connectivity index (χ1v) is 14.1. The van der Waals surface area contributed by atoms with E-state index in [0.29, 0.717) is 35.3 Å². The van der Waals surface area contributed by atoms with Crippen LogP contribution in [-0.4, -0.2) is 55.2 Å². The van der Waals surface area contributed by atoms with Crippen LogP contribution >= 0.6 is 0 Å². The summed E-state index contributed by atoms with van der Waals surface area (Å²) in [6, 6.07) is 10.6. The van der Waals surface area contributed by atoms with Crippen LogP contribution in [0.4, 0.5) is 11.4 Å². The summed E-state index contributed by atoms with van der Waals surface area (Å²) in [5, 5.41) is 12.3. The molecule has 5 rings (SSSR count). The van der Waals surface area contributed by atoms with Crippen molar-refractivity contribution in [2.75, 3.05) is 32.0 Å². The van der Waals surface area contributed by atoms with E-state index in [2.05, 4.69) is 26.1 Å². The lowest BCUT2D eigenvalue weighted by Crippen LogP contribution is -2.42. The molecule has 1 aliphatic heterocycles. The maximum Gasteiger partial charge on any atom is 0.256 e. The summed E-state index contributed by atoms with van der Waals surface area (Å²) in [5.74, 6) is 0.737. The fourth-order valence-electron chi connectivity index (χ4n) is 4.94. The van der Waals surface area contributed by atoms with E-state index in [4.69, 9.17) is 23.5 Å². The van der Waals surface area contributed by atoms with Crippen molar-refractivity contribution in [1.29, 1.82) is 0 Å². The van der Waals surface area contributed by atoms with Crippen LogP contribution in [0, 0.1) is 13.8 Å². The maximum absolute atomic E-state index is 13.6. The largest absolute Gasteiger partial charge is 0.493 e. The van der Waals surface area contributed by atoms with Crippen molar-refractivity contribution in [3.8, 4) is 28.7 Å². The van der Waals surface area contributed by atoms with Gasteiger partial charge in [0.05, 0.1) is 38.3 Å². The van der Waals surface area contributed by atoms with Crippen molar-refractivity contribution in [3.05, 3.63) is 76.4 Å². The van der Waals surface area contributed by atoms with E-state index >= 15 is 0 Å². The highest BCUT2D eigenvalue weighted by Gasteiger charge is 2.31. The number of fused-ring (bicyclic) bond motifs is 1. The summed E-state index contributed by atoms with van der Waals surface area (Å²) in [5.41, 5.74) is 2.63. The molecule has 0 saturated carbocycles. The predicted molar refractivity (Wildman–Crippen MR) is 164 cm³/mol. The van der Waals surface area contributed by atoms with Gasteiger partial charge in [0, 0.05) is 18.4 Å². The van der Waals surface area contributed by atoms with Gasteiger partial charge in [0.1, 0.15) is 11.8 Å². The van der Waals surface area contributed by atoms with E-state index in [-0.39, 0.29) is 40.5 Å². The van der Waals surface area contributed by atoms with Crippen LogP contribution in [0.25, 0.3) is 0 Å². The minimum Gasteiger partial charge on any atom is -0.493 e. The summed E-state index contributed by atoms with van der Waals surface area (Å²) in [4.78, 5) is 44.5. The van der Waals surface area contributed by atoms with Gasteiger partial charge in [0.15, 0.2) is 23.1 Å².